The monoisotopic (exact) mass is 234 g/mol. The van der Waals surface area contributed by atoms with E-state index in [1.165, 1.54) is 0 Å². The Balaban J connectivity index is 2.24. The van der Waals surface area contributed by atoms with Crippen LogP contribution in [0.25, 0.3) is 6.08 Å². The molecule has 0 amide bonds. The summed E-state index contributed by atoms with van der Waals surface area (Å²) in [5.74, 6) is 0. The van der Waals surface area contributed by atoms with Crippen LogP contribution < -0.4 is 0 Å². The highest BCUT2D eigenvalue weighted by atomic mass is 15.0. The fraction of sp³-hybridized carbons (Fsp3) is 0.0714. The first-order valence-electron chi connectivity index (χ1n) is 5.38. The van der Waals surface area contributed by atoms with E-state index >= 15 is 0 Å². The first-order chi connectivity index (χ1) is 8.81. The molecule has 2 rings (SSSR count). The van der Waals surface area contributed by atoms with Gasteiger partial charge in [0.15, 0.2) is 0 Å². The highest BCUT2D eigenvalue weighted by Crippen LogP contribution is 2.10. The Kier molecular flexibility index (Phi) is 3.53. The van der Waals surface area contributed by atoms with E-state index in [2.05, 4.69) is 4.98 Å². The molecular weight excluding hydrogens is 224 g/mol. The SMILES string of the molecule is N#CC(C#N)=Cc1cccc(Cn2ccnc2)c1. The van der Waals surface area contributed by atoms with Gasteiger partial charge in [0.2, 0.25) is 0 Å². The van der Waals surface area contributed by atoms with E-state index in [1.807, 2.05) is 47.2 Å². The molecule has 0 unspecified atom stereocenters. The predicted molar refractivity (Wildman–Crippen MR) is 67.0 cm³/mol. The van der Waals surface area contributed by atoms with Crippen molar-refractivity contribution in [2.75, 3.05) is 0 Å². The number of nitrogens with zero attached hydrogens (tertiary/aromatic N) is 4. The molecule has 0 bridgehead atoms. The van der Waals surface area contributed by atoms with Crippen LogP contribution >= 0.6 is 0 Å². The predicted octanol–water partition coefficient (Wildman–Crippen LogP) is 2.36. The van der Waals surface area contributed by atoms with Gasteiger partial charge in [0.05, 0.1) is 6.33 Å². The van der Waals surface area contributed by atoms with Gasteiger partial charge in [-0.2, -0.15) is 10.5 Å². The van der Waals surface area contributed by atoms with Crippen LogP contribution in [0, 0.1) is 22.7 Å². The third-order valence-electron chi connectivity index (χ3n) is 2.43. The lowest BCUT2D eigenvalue weighted by Crippen LogP contribution is -1.96. The van der Waals surface area contributed by atoms with Gasteiger partial charge in [0, 0.05) is 18.9 Å². The first kappa shape index (κ1) is 11.6. The van der Waals surface area contributed by atoms with Gasteiger partial charge in [0.25, 0.3) is 0 Å². The Bertz CT molecular complexity index is 623. The third kappa shape index (κ3) is 2.84. The fourth-order valence-corrected chi connectivity index (χ4v) is 1.63. The molecule has 86 valence electrons. The van der Waals surface area contributed by atoms with Gasteiger partial charge < -0.3 is 4.57 Å². The summed E-state index contributed by atoms with van der Waals surface area (Å²) in [6, 6.07) is 11.4. The molecular formula is C14H10N4. The minimum Gasteiger partial charge on any atom is -0.333 e. The summed E-state index contributed by atoms with van der Waals surface area (Å²) in [5.41, 5.74) is 2.05. The topological polar surface area (TPSA) is 65.4 Å². The molecule has 0 aliphatic rings. The highest BCUT2D eigenvalue weighted by Gasteiger charge is 1.98. The standard InChI is InChI=1S/C14H10N4/c15-8-14(9-16)7-12-2-1-3-13(6-12)10-18-5-4-17-11-18/h1-7,11H,10H2. The van der Waals surface area contributed by atoms with Gasteiger partial charge in [-0.05, 0) is 23.3 Å². The molecule has 0 aliphatic heterocycles. The second-order valence-electron chi connectivity index (χ2n) is 3.76. The lowest BCUT2D eigenvalue weighted by Gasteiger charge is -2.03. The van der Waals surface area contributed by atoms with Gasteiger partial charge in [-0.25, -0.2) is 4.98 Å². The minimum atomic E-state index is 0.106. The number of allylic oxidation sites excluding steroid dienone is 1. The van der Waals surface area contributed by atoms with Crippen molar-refractivity contribution < 1.29 is 0 Å². The maximum Gasteiger partial charge on any atom is 0.130 e. The maximum atomic E-state index is 8.71. The van der Waals surface area contributed by atoms with Crippen molar-refractivity contribution in [3.8, 4) is 12.1 Å². The number of benzene rings is 1. The molecule has 1 aromatic heterocycles. The summed E-state index contributed by atoms with van der Waals surface area (Å²) in [7, 11) is 0. The van der Waals surface area contributed by atoms with Crippen molar-refractivity contribution in [3.05, 3.63) is 59.7 Å². The smallest absolute Gasteiger partial charge is 0.130 e. The van der Waals surface area contributed by atoms with Crippen molar-refractivity contribution in [2.45, 2.75) is 6.54 Å². The lowest BCUT2D eigenvalue weighted by molar-refractivity contribution is 0.797. The Morgan fingerprint density at radius 1 is 1.33 bits per heavy atom. The van der Waals surface area contributed by atoms with Crippen LogP contribution in [0.1, 0.15) is 11.1 Å². The number of nitriles is 2. The molecule has 0 radical (unpaired) electrons. The van der Waals surface area contributed by atoms with Gasteiger partial charge in [-0.3, -0.25) is 0 Å². The van der Waals surface area contributed by atoms with Crippen LogP contribution in [-0.4, -0.2) is 9.55 Å². The number of aromatic nitrogens is 2. The molecule has 1 heterocycles. The molecule has 1 aromatic carbocycles. The molecule has 0 spiro atoms. The van der Waals surface area contributed by atoms with Crippen LogP contribution in [-0.2, 0) is 6.54 Å². The third-order valence-corrected chi connectivity index (χ3v) is 2.43. The second-order valence-corrected chi connectivity index (χ2v) is 3.76. The van der Waals surface area contributed by atoms with Gasteiger partial charge in [-0.1, -0.05) is 18.2 Å². The van der Waals surface area contributed by atoms with Crippen molar-refractivity contribution in [1.29, 1.82) is 10.5 Å². The molecule has 0 saturated heterocycles. The summed E-state index contributed by atoms with van der Waals surface area (Å²) in [6.45, 7) is 0.718. The van der Waals surface area contributed by atoms with Crippen LogP contribution in [0.15, 0.2) is 48.6 Å². The number of rotatable bonds is 3. The van der Waals surface area contributed by atoms with E-state index in [4.69, 9.17) is 10.5 Å². The molecule has 4 heteroatoms. The Morgan fingerprint density at radius 3 is 2.83 bits per heavy atom. The zero-order valence-corrected chi connectivity index (χ0v) is 9.61. The molecule has 0 N–H and O–H groups in total. The van der Waals surface area contributed by atoms with Crippen molar-refractivity contribution in [3.63, 3.8) is 0 Å². The maximum absolute atomic E-state index is 8.71. The van der Waals surface area contributed by atoms with Gasteiger partial charge in [-0.15, -0.1) is 0 Å². The first-order valence-corrected chi connectivity index (χ1v) is 5.38. The number of hydrogen-bond acceptors (Lipinski definition) is 3. The van der Waals surface area contributed by atoms with E-state index < -0.39 is 0 Å². The molecule has 0 atom stereocenters. The Hall–Kier alpha value is -2.85. The van der Waals surface area contributed by atoms with Crippen LogP contribution in [0.2, 0.25) is 0 Å². The fourth-order valence-electron chi connectivity index (χ4n) is 1.63. The Labute approximate surface area is 105 Å². The number of hydrogen-bond donors (Lipinski definition) is 0. The summed E-state index contributed by atoms with van der Waals surface area (Å²) >= 11 is 0. The largest absolute Gasteiger partial charge is 0.333 e. The second kappa shape index (κ2) is 5.47. The average Bonchev–Trinajstić information content (AvgIpc) is 2.89. The average molecular weight is 234 g/mol. The van der Waals surface area contributed by atoms with E-state index in [-0.39, 0.29) is 5.57 Å². The molecule has 18 heavy (non-hydrogen) atoms. The Morgan fingerprint density at radius 2 is 2.17 bits per heavy atom. The quantitative estimate of drug-likeness (QED) is 0.766. The molecule has 2 aromatic rings. The van der Waals surface area contributed by atoms with Crippen LogP contribution in [0.3, 0.4) is 0 Å². The molecule has 0 fully saturated rings. The van der Waals surface area contributed by atoms with Crippen molar-refractivity contribution in [1.82, 2.24) is 9.55 Å². The normalized spacial score (nSPS) is 9.22. The van der Waals surface area contributed by atoms with Crippen LogP contribution in [0.5, 0.6) is 0 Å². The lowest BCUT2D eigenvalue weighted by atomic mass is 10.1. The summed E-state index contributed by atoms with van der Waals surface area (Å²) < 4.78 is 1.96. The van der Waals surface area contributed by atoms with Gasteiger partial charge >= 0.3 is 0 Å². The minimum absolute atomic E-state index is 0.106. The zero-order valence-electron chi connectivity index (χ0n) is 9.61. The van der Waals surface area contributed by atoms with E-state index in [0.717, 1.165) is 17.7 Å². The van der Waals surface area contributed by atoms with Crippen molar-refractivity contribution in [2.24, 2.45) is 0 Å². The summed E-state index contributed by atoms with van der Waals surface area (Å²) in [5, 5.41) is 17.4. The van der Waals surface area contributed by atoms with E-state index in [0.29, 0.717) is 0 Å². The number of imidazole rings is 1. The summed E-state index contributed by atoms with van der Waals surface area (Å²) in [6.07, 6.45) is 6.95. The van der Waals surface area contributed by atoms with E-state index in [9.17, 15) is 0 Å². The summed E-state index contributed by atoms with van der Waals surface area (Å²) in [4.78, 5) is 3.98. The van der Waals surface area contributed by atoms with E-state index in [1.54, 1.807) is 18.6 Å². The molecule has 0 saturated carbocycles. The highest BCUT2D eigenvalue weighted by molar-refractivity contribution is 5.62. The molecule has 4 nitrogen and oxygen atoms in total. The van der Waals surface area contributed by atoms with Gasteiger partial charge in [0.1, 0.15) is 17.7 Å². The molecule has 0 aliphatic carbocycles. The van der Waals surface area contributed by atoms with Crippen LogP contribution in [0.4, 0.5) is 0 Å². The zero-order chi connectivity index (χ0) is 12.8. The van der Waals surface area contributed by atoms with Crippen molar-refractivity contribution >= 4 is 6.08 Å².